The molecule has 0 radical (unpaired) electrons. The van der Waals surface area contributed by atoms with Crippen LogP contribution >= 0.6 is 23.4 Å². The first kappa shape index (κ1) is 22.8. The zero-order valence-corrected chi connectivity index (χ0v) is 18.6. The molecule has 1 heterocycles. The van der Waals surface area contributed by atoms with E-state index in [9.17, 15) is 9.59 Å². The molecule has 0 aromatic heterocycles. The minimum absolute atomic E-state index is 0.0510. The lowest BCUT2D eigenvalue weighted by Crippen LogP contribution is -2.31. The number of thioether (sulfide) groups is 1. The van der Waals surface area contributed by atoms with Crippen LogP contribution in [0.4, 0.5) is 5.69 Å². The van der Waals surface area contributed by atoms with Gasteiger partial charge in [-0.3, -0.25) is 9.59 Å². The van der Waals surface area contributed by atoms with Crippen molar-refractivity contribution in [2.24, 2.45) is 15.9 Å². The highest BCUT2D eigenvalue weighted by Crippen LogP contribution is 2.30. The van der Waals surface area contributed by atoms with E-state index in [4.69, 9.17) is 22.1 Å². The lowest BCUT2D eigenvalue weighted by molar-refractivity contribution is -0.121. The van der Waals surface area contributed by atoms with E-state index in [0.29, 0.717) is 23.1 Å². The maximum Gasteiger partial charge on any atom is 0.247 e. The van der Waals surface area contributed by atoms with Gasteiger partial charge in [-0.25, -0.2) is 4.90 Å². The number of carbonyl (C=O) groups excluding carboxylic acids is 2. The highest BCUT2D eigenvalue weighted by Gasteiger charge is 2.40. The van der Waals surface area contributed by atoms with Crippen molar-refractivity contribution in [3.05, 3.63) is 59.1 Å². The topological polar surface area (TPSA) is 97.3 Å². The van der Waals surface area contributed by atoms with Crippen LogP contribution in [0.15, 0.2) is 58.7 Å². The number of imide groups is 1. The molecule has 9 heteroatoms. The zero-order valence-electron chi connectivity index (χ0n) is 17.0. The molecule has 31 heavy (non-hydrogen) atoms. The normalized spacial score (nSPS) is 17.0. The summed E-state index contributed by atoms with van der Waals surface area (Å²) >= 11 is 6.87. The van der Waals surface area contributed by atoms with Gasteiger partial charge in [-0.05, 0) is 48.4 Å². The minimum Gasteiger partial charge on any atom is -0.494 e. The van der Waals surface area contributed by atoms with Crippen molar-refractivity contribution < 1.29 is 14.3 Å². The van der Waals surface area contributed by atoms with Crippen LogP contribution in [0.5, 0.6) is 5.75 Å². The first-order valence-corrected chi connectivity index (χ1v) is 11.1. The largest absolute Gasteiger partial charge is 0.494 e. The number of nitrogens with two attached hydrogens (primary N) is 1. The molecule has 2 aromatic carbocycles. The van der Waals surface area contributed by atoms with Crippen molar-refractivity contribution in [3.63, 3.8) is 0 Å². The Kier molecular flexibility index (Phi) is 8.08. The molecule has 2 N–H and O–H groups in total. The Morgan fingerprint density at radius 3 is 2.61 bits per heavy atom. The van der Waals surface area contributed by atoms with E-state index < -0.39 is 5.25 Å². The molecule has 1 saturated heterocycles. The Bertz CT molecular complexity index is 977. The SMILES string of the molecule is CCCCOc1ccc(N2C(=O)C[C@@H](SC(N)=N/N=C\c3ccc(Cl)cc3)C2=O)cc1. The molecule has 0 unspecified atom stereocenters. The molecule has 1 atom stereocenters. The number of hydrogen-bond donors (Lipinski definition) is 1. The summed E-state index contributed by atoms with van der Waals surface area (Å²) in [6.45, 7) is 2.73. The van der Waals surface area contributed by atoms with E-state index >= 15 is 0 Å². The van der Waals surface area contributed by atoms with Gasteiger partial charge in [0.2, 0.25) is 11.8 Å². The third-order valence-electron chi connectivity index (χ3n) is 4.46. The summed E-state index contributed by atoms with van der Waals surface area (Å²) in [6.07, 6.45) is 3.60. The van der Waals surface area contributed by atoms with Crippen LogP contribution in [0.2, 0.25) is 5.02 Å². The molecule has 0 bridgehead atoms. The van der Waals surface area contributed by atoms with Crippen LogP contribution in [0.3, 0.4) is 0 Å². The monoisotopic (exact) mass is 458 g/mol. The third kappa shape index (κ3) is 6.32. The maximum atomic E-state index is 12.8. The first-order valence-electron chi connectivity index (χ1n) is 9.86. The van der Waals surface area contributed by atoms with Gasteiger partial charge < -0.3 is 10.5 Å². The van der Waals surface area contributed by atoms with Crippen LogP contribution in [-0.4, -0.2) is 35.1 Å². The molecule has 7 nitrogen and oxygen atoms in total. The summed E-state index contributed by atoms with van der Waals surface area (Å²) < 4.78 is 5.62. The number of amides is 2. The summed E-state index contributed by atoms with van der Waals surface area (Å²) in [5.41, 5.74) is 7.21. The number of ether oxygens (including phenoxy) is 1. The van der Waals surface area contributed by atoms with Gasteiger partial charge in [-0.15, -0.1) is 5.10 Å². The lowest BCUT2D eigenvalue weighted by atomic mass is 10.2. The number of amidine groups is 1. The number of unbranched alkanes of at least 4 members (excludes halogenated alkanes) is 1. The Labute approximate surface area is 190 Å². The molecule has 1 aliphatic heterocycles. The second-order valence-electron chi connectivity index (χ2n) is 6.81. The van der Waals surface area contributed by atoms with Crippen molar-refractivity contribution in [2.75, 3.05) is 11.5 Å². The summed E-state index contributed by atoms with van der Waals surface area (Å²) in [4.78, 5) is 26.4. The van der Waals surface area contributed by atoms with Crippen molar-refractivity contribution in [2.45, 2.75) is 31.4 Å². The number of anilines is 1. The van der Waals surface area contributed by atoms with Gasteiger partial charge in [0.1, 0.15) is 11.0 Å². The van der Waals surface area contributed by atoms with E-state index in [2.05, 4.69) is 17.1 Å². The predicted octanol–water partition coefficient (Wildman–Crippen LogP) is 4.23. The molecular weight excluding hydrogens is 436 g/mol. The first-order chi connectivity index (χ1) is 15.0. The van der Waals surface area contributed by atoms with Crippen molar-refractivity contribution in [1.29, 1.82) is 0 Å². The number of nitrogens with zero attached hydrogens (tertiary/aromatic N) is 3. The molecule has 0 saturated carbocycles. The highest BCUT2D eigenvalue weighted by molar-refractivity contribution is 8.14. The summed E-state index contributed by atoms with van der Waals surface area (Å²) in [6, 6.07) is 14.0. The molecule has 3 rings (SSSR count). The zero-order chi connectivity index (χ0) is 22.2. The fraction of sp³-hybridized carbons (Fsp3) is 0.273. The standard InChI is InChI=1S/C22H23ClN4O3S/c1-2-3-12-30-18-10-8-17(9-11-18)27-20(28)13-19(21(27)29)31-22(24)26-25-14-15-4-6-16(23)7-5-15/h4-11,14,19H,2-3,12-13H2,1H3,(H2,24,26)/b25-14-/t19-/m1/s1. The van der Waals surface area contributed by atoms with E-state index in [1.165, 1.54) is 11.1 Å². The van der Waals surface area contributed by atoms with Crippen LogP contribution in [0.25, 0.3) is 0 Å². The van der Waals surface area contributed by atoms with Gasteiger partial charge in [-0.1, -0.05) is 48.8 Å². The Balaban J connectivity index is 1.59. The lowest BCUT2D eigenvalue weighted by Gasteiger charge is -2.15. The molecule has 0 spiro atoms. The van der Waals surface area contributed by atoms with Crippen molar-refractivity contribution in [1.82, 2.24) is 0 Å². The highest BCUT2D eigenvalue weighted by atomic mass is 35.5. The van der Waals surface area contributed by atoms with Gasteiger partial charge in [0.25, 0.3) is 0 Å². The fourth-order valence-electron chi connectivity index (χ4n) is 2.86. The Hall–Kier alpha value is -2.84. The second-order valence-corrected chi connectivity index (χ2v) is 8.47. The predicted molar refractivity (Wildman–Crippen MR) is 126 cm³/mol. The summed E-state index contributed by atoms with van der Waals surface area (Å²) in [5.74, 6) is 0.103. The van der Waals surface area contributed by atoms with Crippen LogP contribution in [-0.2, 0) is 9.59 Å². The van der Waals surface area contributed by atoms with Crippen molar-refractivity contribution >= 4 is 52.2 Å². The fourth-order valence-corrected chi connectivity index (χ4v) is 3.81. The average Bonchev–Trinajstić information content (AvgIpc) is 3.03. The smallest absolute Gasteiger partial charge is 0.247 e. The number of carbonyl (C=O) groups is 2. The average molecular weight is 459 g/mol. The maximum absolute atomic E-state index is 12.8. The van der Waals surface area contributed by atoms with E-state index in [0.717, 1.165) is 30.2 Å². The summed E-state index contributed by atoms with van der Waals surface area (Å²) in [5, 5.41) is 7.93. The van der Waals surface area contributed by atoms with Gasteiger partial charge in [0.05, 0.1) is 18.5 Å². The summed E-state index contributed by atoms with van der Waals surface area (Å²) in [7, 11) is 0. The molecule has 1 aliphatic rings. The van der Waals surface area contributed by atoms with E-state index in [1.54, 1.807) is 48.5 Å². The molecule has 2 aromatic rings. The molecule has 0 aliphatic carbocycles. The third-order valence-corrected chi connectivity index (χ3v) is 5.69. The number of halogens is 1. The quantitative estimate of drug-likeness (QED) is 0.210. The van der Waals surface area contributed by atoms with E-state index in [-0.39, 0.29) is 23.4 Å². The van der Waals surface area contributed by atoms with Crippen LogP contribution in [0.1, 0.15) is 31.7 Å². The molecule has 1 fully saturated rings. The van der Waals surface area contributed by atoms with Crippen LogP contribution in [0, 0.1) is 0 Å². The Morgan fingerprint density at radius 2 is 1.94 bits per heavy atom. The van der Waals surface area contributed by atoms with E-state index in [1.807, 2.05) is 0 Å². The molecule has 2 amide bonds. The van der Waals surface area contributed by atoms with Gasteiger partial charge in [0, 0.05) is 11.4 Å². The van der Waals surface area contributed by atoms with Crippen molar-refractivity contribution in [3.8, 4) is 5.75 Å². The Morgan fingerprint density at radius 1 is 1.23 bits per heavy atom. The van der Waals surface area contributed by atoms with Gasteiger partial charge in [-0.2, -0.15) is 5.10 Å². The minimum atomic E-state index is -0.637. The van der Waals surface area contributed by atoms with Gasteiger partial charge in [0.15, 0.2) is 5.17 Å². The number of hydrogen-bond acceptors (Lipinski definition) is 6. The molecular formula is C22H23ClN4O3S. The van der Waals surface area contributed by atoms with Gasteiger partial charge >= 0.3 is 0 Å². The van der Waals surface area contributed by atoms with Crippen LogP contribution < -0.4 is 15.4 Å². The number of benzene rings is 2. The second kappa shape index (κ2) is 11.0. The number of rotatable bonds is 8. The molecule has 162 valence electrons.